The topological polar surface area (TPSA) is 6.48 Å². The Labute approximate surface area is 158 Å². The number of alkyl halides is 3. The maximum atomic E-state index is 12.9. The van der Waals surface area contributed by atoms with E-state index in [0.717, 1.165) is 19.5 Å². The minimum Gasteiger partial charge on any atom is -0.303 e. The van der Waals surface area contributed by atoms with Gasteiger partial charge in [0.2, 0.25) is 0 Å². The van der Waals surface area contributed by atoms with Gasteiger partial charge in [-0.3, -0.25) is 4.90 Å². The van der Waals surface area contributed by atoms with Crippen LogP contribution in [0.4, 0.5) is 13.2 Å². The molecule has 2 atom stereocenters. The lowest BCUT2D eigenvalue weighted by Gasteiger charge is -2.46. The molecule has 2 aliphatic rings. The van der Waals surface area contributed by atoms with Crippen LogP contribution in [-0.4, -0.2) is 54.2 Å². The van der Waals surface area contributed by atoms with Crippen molar-refractivity contribution in [1.82, 2.24) is 9.80 Å². The van der Waals surface area contributed by atoms with Gasteiger partial charge in [-0.05, 0) is 63.5 Å². The molecule has 0 radical (unpaired) electrons. The monoisotopic (exact) mass is 376 g/mol. The quantitative estimate of drug-likeness (QED) is 0.597. The third kappa shape index (κ3) is 6.40. The van der Waals surface area contributed by atoms with Gasteiger partial charge in [-0.25, -0.2) is 0 Å². The molecule has 2 aliphatic heterocycles. The molecule has 0 aromatic heterocycles. The molecule has 26 heavy (non-hydrogen) atoms. The minimum atomic E-state index is -4.02. The van der Waals surface area contributed by atoms with Crippen molar-refractivity contribution in [3.8, 4) is 0 Å². The highest BCUT2D eigenvalue weighted by atomic mass is 19.4. The van der Waals surface area contributed by atoms with E-state index in [1.165, 1.54) is 19.3 Å². The Bertz CT molecular complexity index is 425. The molecule has 2 unspecified atom stereocenters. The smallest absolute Gasteiger partial charge is 0.303 e. The fourth-order valence-electron chi connectivity index (χ4n) is 5.04. The lowest BCUT2D eigenvalue weighted by atomic mass is 9.80. The number of piperidine rings is 2. The van der Waals surface area contributed by atoms with E-state index >= 15 is 0 Å². The Morgan fingerprint density at radius 2 is 1.62 bits per heavy atom. The van der Waals surface area contributed by atoms with Gasteiger partial charge in [0.05, 0.1) is 5.92 Å². The number of rotatable bonds is 6. The van der Waals surface area contributed by atoms with Gasteiger partial charge in [-0.2, -0.15) is 13.2 Å². The highest BCUT2D eigenvalue weighted by Crippen LogP contribution is 2.37. The van der Waals surface area contributed by atoms with E-state index in [9.17, 15) is 13.2 Å². The van der Waals surface area contributed by atoms with Crippen molar-refractivity contribution in [2.75, 3.05) is 26.2 Å². The molecular weight excluding hydrogens is 337 g/mol. The molecule has 2 nitrogen and oxygen atoms in total. The van der Waals surface area contributed by atoms with Gasteiger partial charge in [0.15, 0.2) is 0 Å². The van der Waals surface area contributed by atoms with Crippen LogP contribution in [0.1, 0.15) is 73.1 Å². The fraction of sp³-hybridized carbons (Fsp3) is 1.00. The van der Waals surface area contributed by atoms with Gasteiger partial charge in [0, 0.05) is 25.2 Å². The highest BCUT2D eigenvalue weighted by molar-refractivity contribution is 4.89. The van der Waals surface area contributed by atoms with Gasteiger partial charge in [-0.15, -0.1) is 0 Å². The van der Waals surface area contributed by atoms with E-state index in [1.54, 1.807) is 0 Å². The molecule has 0 aromatic carbocycles. The number of hydrogen-bond acceptors (Lipinski definition) is 2. The lowest BCUT2D eigenvalue weighted by molar-refractivity contribution is -0.185. The normalized spacial score (nSPS) is 28.0. The average molecular weight is 377 g/mol. The summed E-state index contributed by atoms with van der Waals surface area (Å²) in [6.45, 7) is 14.8. The van der Waals surface area contributed by atoms with Crippen LogP contribution in [0, 0.1) is 17.3 Å². The third-order valence-corrected chi connectivity index (χ3v) is 6.26. The molecule has 2 heterocycles. The molecule has 5 heteroatoms. The van der Waals surface area contributed by atoms with Crippen LogP contribution in [0.25, 0.3) is 0 Å². The van der Waals surface area contributed by atoms with E-state index < -0.39 is 12.1 Å². The zero-order valence-corrected chi connectivity index (χ0v) is 17.4. The summed E-state index contributed by atoms with van der Waals surface area (Å²) in [5, 5.41) is 0. The van der Waals surface area contributed by atoms with Crippen LogP contribution < -0.4 is 0 Å². The maximum absolute atomic E-state index is 12.9. The van der Waals surface area contributed by atoms with Crippen LogP contribution in [0.5, 0.6) is 0 Å². The van der Waals surface area contributed by atoms with Crippen molar-refractivity contribution in [3.05, 3.63) is 0 Å². The zero-order chi connectivity index (χ0) is 19.5. The highest BCUT2D eigenvalue weighted by Gasteiger charge is 2.42. The Kier molecular flexibility index (Phi) is 7.46. The molecule has 2 rings (SSSR count). The van der Waals surface area contributed by atoms with Gasteiger partial charge in [-0.1, -0.05) is 34.1 Å². The first-order valence-electron chi connectivity index (χ1n) is 10.5. The van der Waals surface area contributed by atoms with E-state index in [4.69, 9.17) is 0 Å². The number of halogens is 3. The van der Waals surface area contributed by atoms with Crippen molar-refractivity contribution >= 4 is 0 Å². The predicted octanol–water partition coefficient (Wildman–Crippen LogP) is 5.58. The number of nitrogens with zero attached hydrogens (tertiary/aromatic N) is 2. The second-order valence-electron chi connectivity index (χ2n) is 9.98. The Balaban J connectivity index is 1.89. The van der Waals surface area contributed by atoms with Gasteiger partial charge in [0.25, 0.3) is 0 Å². The predicted molar refractivity (Wildman–Crippen MR) is 102 cm³/mol. The van der Waals surface area contributed by atoms with Crippen molar-refractivity contribution in [2.45, 2.75) is 91.4 Å². The van der Waals surface area contributed by atoms with E-state index in [2.05, 4.69) is 44.4 Å². The van der Waals surface area contributed by atoms with Crippen molar-refractivity contribution < 1.29 is 13.2 Å². The first-order valence-corrected chi connectivity index (χ1v) is 10.5. The number of likely N-dealkylation sites (tertiary alicyclic amines) is 2. The fourth-order valence-corrected chi connectivity index (χ4v) is 5.04. The largest absolute Gasteiger partial charge is 0.391 e. The first kappa shape index (κ1) is 22.0. The summed E-state index contributed by atoms with van der Waals surface area (Å²) in [6, 6.07) is 1.26. The maximum Gasteiger partial charge on any atom is 0.391 e. The Morgan fingerprint density at radius 3 is 2.15 bits per heavy atom. The summed E-state index contributed by atoms with van der Waals surface area (Å²) in [6.07, 6.45) is 1.50. The summed E-state index contributed by atoms with van der Waals surface area (Å²) in [7, 11) is 0. The third-order valence-electron chi connectivity index (χ3n) is 6.26. The van der Waals surface area contributed by atoms with Gasteiger partial charge < -0.3 is 4.90 Å². The molecule has 0 N–H and O–H groups in total. The second kappa shape index (κ2) is 8.81. The lowest BCUT2D eigenvalue weighted by Crippen LogP contribution is -2.50. The van der Waals surface area contributed by atoms with E-state index in [1.807, 2.05) is 0 Å². The molecule has 0 amide bonds. The summed E-state index contributed by atoms with van der Waals surface area (Å²) in [5.74, 6) is -0.426. The number of hydrogen-bond donors (Lipinski definition) is 0. The summed E-state index contributed by atoms with van der Waals surface area (Å²) in [5.41, 5.74) is 0.141. The summed E-state index contributed by atoms with van der Waals surface area (Å²) < 4.78 is 38.6. The van der Waals surface area contributed by atoms with Crippen LogP contribution in [0.3, 0.4) is 0 Å². The standard InChI is InChI=1S/C21H39F3N2/c1-16(2)14-26-17(3)7-6-8-19(26)13-20(4,5)15-25-11-9-18(10-12-25)21(22,23)24/h16-19H,6-15H2,1-5H3. The molecule has 0 saturated carbocycles. The van der Waals surface area contributed by atoms with E-state index in [0.29, 0.717) is 31.1 Å². The molecule has 0 bridgehead atoms. The van der Waals surface area contributed by atoms with Crippen molar-refractivity contribution in [1.29, 1.82) is 0 Å². The van der Waals surface area contributed by atoms with Gasteiger partial charge >= 0.3 is 6.18 Å². The molecule has 2 saturated heterocycles. The van der Waals surface area contributed by atoms with Crippen LogP contribution in [0.15, 0.2) is 0 Å². The molecule has 0 aliphatic carbocycles. The van der Waals surface area contributed by atoms with E-state index in [-0.39, 0.29) is 18.3 Å². The average Bonchev–Trinajstić information content (AvgIpc) is 2.49. The van der Waals surface area contributed by atoms with Crippen LogP contribution in [-0.2, 0) is 0 Å². The molecular formula is C21H39F3N2. The SMILES string of the molecule is CC(C)CN1C(C)CCCC1CC(C)(C)CN1CCC(C(F)(F)F)CC1. The molecule has 0 spiro atoms. The Hall–Kier alpha value is -0.290. The van der Waals surface area contributed by atoms with Crippen molar-refractivity contribution in [2.24, 2.45) is 17.3 Å². The molecule has 0 aromatic rings. The first-order chi connectivity index (χ1) is 12.0. The Morgan fingerprint density at radius 1 is 1.00 bits per heavy atom. The second-order valence-corrected chi connectivity index (χ2v) is 9.98. The van der Waals surface area contributed by atoms with Gasteiger partial charge in [0.1, 0.15) is 0 Å². The van der Waals surface area contributed by atoms with Crippen LogP contribution >= 0.6 is 0 Å². The van der Waals surface area contributed by atoms with Crippen LogP contribution in [0.2, 0.25) is 0 Å². The summed E-state index contributed by atoms with van der Waals surface area (Å²) in [4.78, 5) is 4.97. The summed E-state index contributed by atoms with van der Waals surface area (Å²) >= 11 is 0. The van der Waals surface area contributed by atoms with Crippen molar-refractivity contribution in [3.63, 3.8) is 0 Å². The molecule has 2 fully saturated rings. The minimum absolute atomic E-state index is 0.141. The zero-order valence-electron chi connectivity index (χ0n) is 17.4. The molecule has 154 valence electrons.